The maximum atomic E-state index is 5.54. The molecule has 1 spiro atoms. The second-order valence-corrected chi connectivity index (χ2v) is 10.8. The van der Waals surface area contributed by atoms with Gasteiger partial charge in [0.2, 0.25) is 0 Å². The Morgan fingerprint density at radius 2 is 1.84 bits per heavy atom. The number of ether oxygens (including phenoxy) is 1. The summed E-state index contributed by atoms with van der Waals surface area (Å²) in [5.74, 6) is 2.36. The first-order valence-electron chi connectivity index (χ1n) is 9.70. The van der Waals surface area contributed by atoms with Crippen LogP contribution >= 0.6 is 23.5 Å². The number of piperazine rings is 1. The van der Waals surface area contributed by atoms with Gasteiger partial charge < -0.3 is 9.64 Å². The van der Waals surface area contributed by atoms with Crippen molar-refractivity contribution in [2.24, 2.45) is 0 Å². The Hall–Kier alpha value is -0.520. The molecule has 3 aliphatic rings. The molecule has 3 fully saturated rings. The number of thioether (sulfide) groups is 2. The molecule has 0 amide bonds. The van der Waals surface area contributed by atoms with Gasteiger partial charge in [0, 0.05) is 43.7 Å². The smallest absolute Gasteiger partial charge is 0.142 e. The van der Waals surface area contributed by atoms with Crippen LogP contribution in [0, 0.1) is 0 Å². The van der Waals surface area contributed by atoms with Gasteiger partial charge in [-0.05, 0) is 25.0 Å². The van der Waals surface area contributed by atoms with E-state index in [1.54, 1.807) is 7.11 Å². The molecule has 2 heterocycles. The monoisotopic (exact) mass is 378 g/mol. The highest BCUT2D eigenvalue weighted by Gasteiger charge is 2.41. The van der Waals surface area contributed by atoms with E-state index >= 15 is 0 Å². The van der Waals surface area contributed by atoms with Crippen LogP contribution in [0.25, 0.3) is 0 Å². The van der Waals surface area contributed by atoms with Crippen molar-refractivity contribution in [3.63, 3.8) is 0 Å². The molecule has 0 N–H and O–H groups in total. The predicted octanol–water partition coefficient (Wildman–Crippen LogP) is 4.33. The first kappa shape index (κ1) is 17.9. The quantitative estimate of drug-likeness (QED) is 0.773. The van der Waals surface area contributed by atoms with Gasteiger partial charge in [0.25, 0.3) is 0 Å². The number of hydrogen-bond donors (Lipinski definition) is 0. The van der Waals surface area contributed by atoms with Gasteiger partial charge in [0.15, 0.2) is 0 Å². The van der Waals surface area contributed by atoms with Crippen LogP contribution in [0.5, 0.6) is 5.75 Å². The number of rotatable bonds is 4. The Morgan fingerprint density at radius 3 is 2.60 bits per heavy atom. The molecular formula is C20H30N2OS2. The Bertz CT molecular complexity index is 569. The van der Waals surface area contributed by atoms with Crippen molar-refractivity contribution in [1.29, 1.82) is 0 Å². The third kappa shape index (κ3) is 4.09. The predicted molar refractivity (Wildman–Crippen MR) is 111 cm³/mol. The Labute approximate surface area is 160 Å². The van der Waals surface area contributed by atoms with Crippen molar-refractivity contribution in [3.05, 3.63) is 24.3 Å². The first-order valence-corrected chi connectivity index (χ1v) is 11.6. The normalized spacial score (nSPS) is 26.9. The molecule has 1 atom stereocenters. The highest BCUT2D eigenvalue weighted by Crippen LogP contribution is 2.55. The highest BCUT2D eigenvalue weighted by molar-refractivity contribution is 8.21. The zero-order valence-electron chi connectivity index (χ0n) is 15.3. The average molecular weight is 379 g/mol. The fourth-order valence-electron chi connectivity index (χ4n) is 4.41. The molecule has 1 aromatic carbocycles. The number of nitrogens with zero attached hydrogens (tertiary/aromatic N) is 2. The molecule has 1 aliphatic carbocycles. The van der Waals surface area contributed by atoms with Crippen molar-refractivity contribution >= 4 is 29.2 Å². The van der Waals surface area contributed by atoms with E-state index in [0.29, 0.717) is 4.08 Å². The third-order valence-corrected chi connectivity index (χ3v) is 9.63. The molecule has 3 nitrogen and oxygen atoms in total. The van der Waals surface area contributed by atoms with Gasteiger partial charge in [-0.3, -0.25) is 4.90 Å². The van der Waals surface area contributed by atoms with Crippen LogP contribution < -0.4 is 9.64 Å². The van der Waals surface area contributed by atoms with Crippen molar-refractivity contribution in [1.82, 2.24) is 4.90 Å². The summed E-state index contributed by atoms with van der Waals surface area (Å²) in [7, 11) is 1.77. The lowest BCUT2D eigenvalue weighted by molar-refractivity contribution is 0.261. The standard InChI is InChI=1S/C20H30N2OS2/c1-23-19-8-4-3-7-18(19)22-13-11-21(12-14-22)15-17-16-24-20(25-17)9-5-2-6-10-20/h3-4,7-8,17H,2,5-6,9-16H2,1H3. The summed E-state index contributed by atoms with van der Waals surface area (Å²) in [6, 6.07) is 8.41. The molecule has 0 radical (unpaired) electrons. The van der Waals surface area contributed by atoms with Crippen LogP contribution in [0.3, 0.4) is 0 Å². The third-order valence-electron chi connectivity index (χ3n) is 5.79. The van der Waals surface area contributed by atoms with Gasteiger partial charge in [-0.1, -0.05) is 31.4 Å². The lowest BCUT2D eigenvalue weighted by atomic mass is 10.00. The number of para-hydroxylation sites is 2. The van der Waals surface area contributed by atoms with E-state index < -0.39 is 0 Å². The number of methoxy groups -OCH3 is 1. The van der Waals surface area contributed by atoms with E-state index in [-0.39, 0.29) is 0 Å². The molecule has 4 rings (SSSR count). The summed E-state index contributed by atoms with van der Waals surface area (Å²) in [6.07, 6.45) is 7.24. The lowest BCUT2D eigenvalue weighted by Gasteiger charge is -2.38. The number of hydrogen-bond acceptors (Lipinski definition) is 5. The molecule has 1 saturated carbocycles. The lowest BCUT2D eigenvalue weighted by Crippen LogP contribution is -2.48. The minimum Gasteiger partial charge on any atom is -0.495 e. The molecule has 0 aromatic heterocycles. The van der Waals surface area contributed by atoms with Crippen molar-refractivity contribution < 1.29 is 4.74 Å². The average Bonchev–Trinajstić information content (AvgIpc) is 3.04. The molecule has 2 aliphatic heterocycles. The van der Waals surface area contributed by atoms with E-state index in [1.807, 2.05) is 0 Å². The largest absolute Gasteiger partial charge is 0.495 e. The van der Waals surface area contributed by atoms with Gasteiger partial charge in [-0.15, -0.1) is 23.5 Å². The van der Waals surface area contributed by atoms with Crippen LogP contribution in [0.1, 0.15) is 32.1 Å². The van der Waals surface area contributed by atoms with E-state index in [4.69, 9.17) is 4.74 Å². The molecule has 5 heteroatoms. The van der Waals surface area contributed by atoms with E-state index in [2.05, 4.69) is 57.6 Å². The van der Waals surface area contributed by atoms with Gasteiger partial charge in [-0.2, -0.15) is 0 Å². The SMILES string of the molecule is COc1ccccc1N1CCN(CC2CSC3(CCCCC3)S2)CC1. The van der Waals surface area contributed by atoms with Crippen LogP contribution in [-0.4, -0.2) is 59.8 Å². The summed E-state index contributed by atoms with van der Waals surface area (Å²) < 4.78 is 6.12. The van der Waals surface area contributed by atoms with Crippen molar-refractivity contribution in [2.45, 2.75) is 41.4 Å². The van der Waals surface area contributed by atoms with Crippen LogP contribution in [-0.2, 0) is 0 Å². The Morgan fingerprint density at radius 1 is 1.08 bits per heavy atom. The molecule has 0 bridgehead atoms. The summed E-state index contributed by atoms with van der Waals surface area (Å²) in [4.78, 5) is 5.17. The highest BCUT2D eigenvalue weighted by atomic mass is 32.2. The first-order chi connectivity index (χ1) is 12.3. The molecule has 138 valence electrons. The van der Waals surface area contributed by atoms with Crippen LogP contribution in [0.2, 0.25) is 0 Å². The summed E-state index contributed by atoms with van der Waals surface area (Å²) in [5.41, 5.74) is 1.25. The molecule has 2 saturated heterocycles. The second-order valence-electron chi connectivity index (χ2n) is 7.48. The maximum absolute atomic E-state index is 5.54. The fraction of sp³-hybridized carbons (Fsp3) is 0.700. The van der Waals surface area contributed by atoms with Gasteiger partial charge >= 0.3 is 0 Å². The topological polar surface area (TPSA) is 15.7 Å². The van der Waals surface area contributed by atoms with E-state index in [9.17, 15) is 0 Å². The Balaban J connectivity index is 1.28. The maximum Gasteiger partial charge on any atom is 0.142 e. The summed E-state index contributed by atoms with van der Waals surface area (Å²) in [6.45, 7) is 5.84. The summed E-state index contributed by atoms with van der Waals surface area (Å²) >= 11 is 4.59. The van der Waals surface area contributed by atoms with Gasteiger partial charge in [0.1, 0.15) is 5.75 Å². The fourth-order valence-corrected chi connectivity index (χ4v) is 8.36. The molecular weight excluding hydrogens is 348 g/mol. The number of benzene rings is 1. The number of anilines is 1. The van der Waals surface area contributed by atoms with Crippen molar-refractivity contribution in [3.8, 4) is 5.75 Å². The van der Waals surface area contributed by atoms with Gasteiger partial charge in [0.05, 0.1) is 16.9 Å². The zero-order valence-corrected chi connectivity index (χ0v) is 16.9. The molecule has 25 heavy (non-hydrogen) atoms. The molecule has 1 aromatic rings. The molecule has 1 unspecified atom stereocenters. The zero-order chi connectivity index (χ0) is 17.1. The van der Waals surface area contributed by atoms with Gasteiger partial charge in [-0.25, -0.2) is 0 Å². The minimum atomic E-state index is 0.585. The van der Waals surface area contributed by atoms with E-state index in [0.717, 1.165) is 24.1 Å². The van der Waals surface area contributed by atoms with Crippen LogP contribution in [0.4, 0.5) is 5.69 Å². The van der Waals surface area contributed by atoms with Crippen LogP contribution in [0.15, 0.2) is 24.3 Å². The van der Waals surface area contributed by atoms with E-state index in [1.165, 1.54) is 63.2 Å². The summed E-state index contributed by atoms with van der Waals surface area (Å²) in [5, 5.41) is 0.834. The second kappa shape index (κ2) is 8.01. The minimum absolute atomic E-state index is 0.585. The van der Waals surface area contributed by atoms with Crippen molar-refractivity contribution in [2.75, 3.05) is 50.5 Å². The Kier molecular flexibility index (Phi) is 5.73.